The fourth-order valence-corrected chi connectivity index (χ4v) is 3.89. The summed E-state index contributed by atoms with van der Waals surface area (Å²) in [6.45, 7) is 4.27. The molecule has 0 spiro atoms. The summed E-state index contributed by atoms with van der Waals surface area (Å²) in [5.74, 6) is 0.816. The van der Waals surface area contributed by atoms with Crippen molar-refractivity contribution in [1.29, 1.82) is 0 Å². The second kappa shape index (κ2) is 9.95. The molecule has 0 unspecified atom stereocenters. The molecule has 3 aromatic rings. The Balaban J connectivity index is 1.54. The van der Waals surface area contributed by atoms with Gasteiger partial charge in [-0.3, -0.25) is 9.59 Å². The van der Waals surface area contributed by atoms with Crippen LogP contribution in [0.3, 0.4) is 0 Å². The Labute approximate surface area is 197 Å². The van der Waals surface area contributed by atoms with E-state index in [0.717, 1.165) is 11.4 Å². The first-order chi connectivity index (χ1) is 16.0. The highest BCUT2D eigenvalue weighted by atomic mass is 35.5. The van der Waals surface area contributed by atoms with Crippen LogP contribution in [0.1, 0.15) is 23.7 Å². The number of carbonyl (C=O) groups is 2. The molecule has 0 aliphatic carbocycles. The third-order valence-corrected chi connectivity index (χ3v) is 5.89. The third-order valence-electron chi connectivity index (χ3n) is 5.64. The lowest BCUT2D eigenvalue weighted by Gasteiger charge is -2.36. The number of carbonyl (C=O) groups excluding carboxylic acids is 2. The largest absolute Gasteiger partial charge is 0.497 e. The predicted octanol–water partition coefficient (Wildman–Crippen LogP) is 3.85. The fraction of sp³-hybridized carbons (Fsp3) is 0.292. The minimum atomic E-state index is -0.192. The number of benzene rings is 2. The normalized spacial score (nSPS) is 13.7. The Hall–Kier alpha value is -3.52. The van der Waals surface area contributed by atoms with Crippen molar-refractivity contribution in [3.8, 4) is 11.4 Å². The number of rotatable bonds is 6. The maximum absolute atomic E-state index is 13.4. The van der Waals surface area contributed by atoms with Crippen molar-refractivity contribution in [1.82, 2.24) is 14.7 Å². The molecule has 0 atom stereocenters. The van der Waals surface area contributed by atoms with Crippen molar-refractivity contribution in [3.63, 3.8) is 0 Å². The van der Waals surface area contributed by atoms with E-state index < -0.39 is 0 Å². The number of nitrogens with zero attached hydrogens (tertiary/aromatic N) is 4. The van der Waals surface area contributed by atoms with Crippen LogP contribution in [-0.4, -0.2) is 59.8 Å². The van der Waals surface area contributed by atoms with Gasteiger partial charge < -0.3 is 19.9 Å². The van der Waals surface area contributed by atoms with E-state index in [4.69, 9.17) is 16.3 Å². The summed E-state index contributed by atoms with van der Waals surface area (Å²) in [5, 5.41) is 7.83. The van der Waals surface area contributed by atoms with Crippen LogP contribution in [0.5, 0.6) is 5.75 Å². The maximum Gasteiger partial charge on any atom is 0.259 e. The molecular weight excluding hydrogens is 442 g/mol. The minimum absolute atomic E-state index is 0.160. The van der Waals surface area contributed by atoms with Gasteiger partial charge in [0, 0.05) is 49.4 Å². The zero-order valence-corrected chi connectivity index (χ0v) is 19.4. The van der Waals surface area contributed by atoms with Crippen LogP contribution in [0.2, 0.25) is 5.02 Å². The molecule has 2 amide bonds. The molecule has 1 saturated heterocycles. The molecule has 0 radical (unpaired) electrons. The Morgan fingerprint density at radius 1 is 1.06 bits per heavy atom. The van der Waals surface area contributed by atoms with Crippen LogP contribution in [-0.2, 0) is 4.79 Å². The first-order valence-corrected chi connectivity index (χ1v) is 11.2. The van der Waals surface area contributed by atoms with Gasteiger partial charge in [0.1, 0.15) is 17.1 Å². The lowest BCUT2D eigenvalue weighted by Crippen LogP contribution is -2.48. The summed E-state index contributed by atoms with van der Waals surface area (Å²) >= 11 is 6.00. The SMILES string of the molecule is CCC(=O)Nc1c(C(=O)N2CCN(c3cccc(OC)c3)CC2)cnn1-c1ccc(Cl)cc1. The predicted molar refractivity (Wildman–Crippen MR) is 129 cm³/mol. The number of hydrogen-bond acceptors (Lipinski definition) is 5. The first kappa shape index (κ1) is 22.7. The van der Waals surface area contributed by atoms with E-state index in [9.17, 15) is 9.59 Å². The highest BCUT2D eigenvalue weighted by Gasteiger charge is 2.27. The fourth-order valence-electron chi connectivity index (χ4n) is 3.77. The molecule has 1 aromatic heterocycles. The molecule has 1 N–H and O–H groups in total. The van der Waals surface area contributed by atoms with Gasteiger partial charge in [0.25, 0.3) is 5.91 Å². The topological polar surface area (TPSA) is 79.7 Å². The van der Waals surface area contributed by atoms with E-state index >= 15 is 0 Å². The quantitative estimate of drug-likeness (QED) is 0.595. The van der Waals surface area contributed by atoms with Crippen LogP contribution >= 0.6 is 11.6 Å². The zero-order chi connectivity index (χ0) is 23.4. The van der Waals surface area contributed by atoms with Gasteiger partial charge in [-0.2, -0.15) is 5.10 Å². The molecule has 2 aromatic carbocycles. The van der Waals surface area contributed by atoms with Gasteiger partial charge in [-0.15, -0.1) is 0 Å². The smallest absolute Gasteiger partial charge is 0.259 e. The number of hydrogen-bond donors (Lipinski definition) is 1. The standard InChI is InChI=1S/C24H26ClN5O3/c1-3-22(31)27-23-21(16-26-30(23)18-9-7-17(25)8-10-18)24(32)29-13-11-28(12-14-29)19-5-4-6-20(15-19)33-2/h4-10,15-16H,3,11-14H2,1-2H3,(H,27,31). The van der Waals surface area contributed by atoms with E-state index in [-0.39, 0.29) is 11.8 Å². The van der Waals surface area contributed by atoms with Crippen molar-refractivity contribution in [2.45, 2.75) is 13.3 Å². The highest BCUT2D eigenvalue weighted by molar-refractivity contribution is 6.30. The average molecular weight is 468 g/mol. The molecule has 9 heteroatoms. The van der Waals surface area contributed by atoms with Gasteiger partial charge >= 0.3 is 0 Å². The molecular formula is C24H26ClN5O3. The van der Waals surface area contributed by atoms with E-state index in [1.54, 1.807) is 47.9 Å². The molecule has 1 fully saturated rings. The second-order valence-corrected chi connectivity index (χ2v) is 8.11. The van der Waals surface area contributed by atoms with E-state index in [1.165, 1.54) is 6.20 Å². The second-order valence-electron chi connectivity index (χ2n) is 7.68. The Morgan fingerprint density at radius 3 is 2.45 bits per heavy atom. The Morgan fingerprint density at radius 2 is 1.79 bits per heavy atom. The highest BCUT2D eigenvalue weighted by Crippen LogP contribution is 2.26. The van der Waals surface area contributed by atoms with Crippen LogP contribution in [0, 0.1) is 0 Å². The van der Waals surface area contributed by atoms with Gasteiger partial charge in [-0.05, 0) is 36.4 Å². The molecule has 4 rings (SSSR count). The summed E-state index contributed by atoms with van der Waals surface area (Å²) in [6, 6.07) is 15.0. The van der Waals surface area contributed by atoms with Gasteiger partial charge in [0.05, 0.1) is 19.0 Å². The average Bonchev–Trinajstić information content (AvgIpc) is 3.27. The lowest BCUT2D eigenvalue weighted by molar-refractivity contribution is -0.115. The molecule has 1 aliphatic heterocycles. The number of halogens is 1. The first-order valence-electron chi connectivity index (χ1n) is 10.8. The molecule has 2 heterocycles. The summed E-state index contributed by atoms with van der Waals surface area (Å²) < 4.78 is 6.88. The molecule has 0 saturated carbocycles. The van der Waals surface area contributed by atoms with Gasteiger partial charge in [-0.1, -0.05) is 24.6 Å². The third kappa shape index (κ3) is 4.96. The summed E-state index contributed by atoms with van der Waals surface area (Å²) in [7, 11) is 1.65. The van der Waals surface area contributed by atoms with Crippen molar-refractivity contribution >= 4 is 34.9 Å². The van der Waals surface area contributed by atoms with Crippen molar-refractivity contribution in [2.75, 3.05) is 43.5 Å². The number of aromatic nitrogens is 2. The number of anilines is 2. The summed E-state index contributed by atoms with van der Waals surface area (Å²) in [5.41, 5.74) is 2.13. The van der Waals surface area contributed by atoms with Gasteiger partial charge in [0.15, 0.2) is 0 Å². The number of methoxy groups -OCH3 is 1. The minimum Gasteiger partial charge on any atom is -0.497 e. The monoisotopic (exact) mass is 467 g/mol. The van der Waals surface area contributed by atoms with Gasteiger partial charge in [0.2, 0.25) is 5.91 Å². The van der Waals surface area contributed by atoms with E-state index in [0.29, 0.717) is 54.7 Å². The molecule has 8 nitrogen and oxygen atoms in total. The summed E-state index contributed by atoms with van der Waals surface area (Å²) in [4.78, 5) is 29.6. The number of piperazine rings is 1. The zero-order valence-electron chi connectivity index (χ0n) is 18.6. The number of amides is 2. The van der Waals surface area contributed by atoms with Crippen LogP contribution in [0.15, 0.2) is 54.7 Å². The van der Waals surface area contributed by atoms with Crippen LogP contribution < -0.4 is 15.0 Å². The Kier molecular flexibility index (Phi) is 6.84. The van der Waals surface area contributed by atoms with Crippen molar-refractivity contribution in [2.24, 2.45) is 0 Å². The molecule has 172 valence electrons. The van der Waals surface area contributed by atoms with Crippen molar-refractivity contribution < 1.29 is 14.3 Å². The lowest BCUT2D eigenvalue weighted by atomic mass is 10.2. The van der Waals surface area contributed by atoms with Crippen LogP contribution in [0.4, 0.5) is 11.5 Å². The number of ether oxygens (including phenoxy) is 1. The summed E-state index contributed by atoms with van der Waals surface area (Å²) in [6.07, 6.45) is 1.80. The molecule has 33 heavy (non-hydrogen) atoms. The van der Waals surface area contributed by atoms with Gasteiger partial charge in [-0.25, -0.2) is 4.68 Å². The van der Waals surface area contributed by atoms with Crippen molar-refractivity contribution in [3.05, 3.63) is 65.3 Å². The van der Waals surface area contributed by atoms with E-state index in [1.807, 2.05) is 24.3 Å². The van der Waals surface area contributed by atoms with Crippen LogP contribution in [0.25, 0.3) is 5.69 Å². The van der Waals surface area contributed by atoms with E-state index in [2.05, 4.69) is 15.3 Å². The Bertz CT molecular complexity index is 1140. The number of nitrogens with one attached hydrogen (secondary N) is 1. The molecule has 0 bridgehead atoms. The molecule has 1 aliphatic rings. The maximum atomic E-state index is 13.4.